The Morgan fingerprint density at radius 1 is 1.62 bits per heavy atom. The van der Waals surface area contributed by atoms with Crippen molar-refractivity contribution in [3.8, 4) is 6.07 Å². The van der Waals surface area contributed by atoms with Gasteiger partial charge in [0.25, 0.3) is 0 Å². The standard InChI is InChI=1S/C11H11ClN2O2/c1-2-16-11(15)9-3-7(5-13)8(6-14)4-10(9)12/h3-4H,2,6,14H2,1H3. The molecule has 0 spiro atoms. The van der Waals surface area contributed by atoms with Crippen LogP contribution in [-0.4, -0.2) is 12.6 Å². The van der Waals surface area contributed by atoms with E-state index in [1.807, 2.05) is 6.07 Å². The van der Waals surface area contributed by atoms with Crippen LogP contribution in [0.1, 0.15) is 28.4 Å². The number of nitrogens with zero attached hydrogens (tertiary/aromatic N) is 1. The molecule has 0 saturated carbocycles. The third kappa shape index (κ3) is 2.51. The highest BCUT2D eigenvalue weighted by atomic mass is 35.5. The summed E-state index contributed by atoms with van der Waals surface area (Å²) >= 11 is 5.90. The maximum absolute atomic E-state index is 11.5. The number of ether oxygens (including phenoxy) is 1. The van der Waals surface area contributed by atoms with Crippen LogP contribution in [0.5, 0.6) is 0 Å². The molecule has 4 nitrogen and oxygen atoms in total. The third-order valence-corrected chi connectivity index (χ3v) is 2.34. The Morgan fingerprint density at radius 2 is 2.31 bits per heavy atom. The SMILES string of the molecule is CCOC(=O)c1cc(C#N)c(CN)cc1Cl. The summed E-state index contributed by atoms with van der Waals surface area (Å²) < 4.78 is 4.82. The molecular weight excluding hydrogens is 228 g/mol. The van der Waals surface area contributed by atoms with Crippen LogP contribution in [0.25, 0.3) is 0 Å². The van der Waals surface area contributed by atoms with Gasteiger partial charge in [-0.15, -0.1) is 0 Å². The van der Waals surface area contributed by atoms with E-state index in [0.717, 1.165) is 0 Å². The third-order valence-electron chi connectivity index (χ3n) is 2.03. The van der Waals surface area contributed by atoms with Gasteiger partial charge in [0.05, 0.1) is 28.8 Å². The number of rotatable bonds is 3. The van der Waals surface area contributed by atoms with Gasteiger partial charge in [-0.25, -0.2) is 4.79 Å². The monoisotopic (exact) mass is 238 g/mol. The van der Waals surface area contributed by atoms with Crippen LogP contribution in [0.2, 0.25) is 5.02 Å². The summed E-state index contributed by atoms with van der Waals surface area (Å²) in [6.45, 7) is 2.16. The highest BCUT2D eigenvalue weighted by Crippen LogP contribution is 2.22. The minimum absolute atomic E-state index is 0.192. The number of nitrogens with two attached hydrogens (primary N) is 1. The second-order valence-electron chi connectivity index (χ2n) is 3.03. The Balaban J connectivity index is 3.22. The van der Waals surface area contributed by atoms with Crippen LogP contribution in [0, 0.1) is 11.3 Å². The van der Waals surface area contributed by atoms with E-state index >= 15 is 0 Å². The van der Waals surface area contributed by atoms with Gasteiger partial charge in [0, 0.05) is 6.54 Å². The van der Waals surface area contributed by atoms with Gasteiger partial charge < -0.3 is 10.5 Å². The van der Waals surface area contributed by atoms with E-state index in [9.17, 15) is 4.79 Å². The van der Waals surface area contributed by atoms with Crippen LogP contribution in [-0.2, 0) is 11.3 Å². The number of esters is 1. The summed E-state index contributed by atoms with van der Waals surface area (Å²) in [4.78, 5) is 11.5. The summed E-state index contributed by atoms with van der Waals surface area (Å²) in [5, 5.41) is 9.12. The molecular formula is C11H11ClN2O2. The highest BCUT2D eigenvalue weighted by molar-refractivity contribution is 6.33. The average Bonchev–Trinajstić information content (AvgIpc) is 2.28. The van der Waals surface area contributed by atoms with E-state index in [1.165, 1.54) is 12.1 Å². The molecule has 0 radical (unpaired) electrons. The first-order chi connectivity index (χ1) is 7.63. The van der Waals surface area contributed by atoms with Crippen molar-refractivity contribution >= 4 is 17.6 Å². The van der Waals surface area contributed by atoms with Gasteiger partial charge in [0.1, 0.15) is 0 Å². The van der Waals surface area contributed by atoms with Crippen molar-refractivity contribution < 1.29 is 9.53 Å². The molecule has 0 aliphatic heterocycles. The van der Waals surface area contributed by atoms with Crippen molar-refractivity contribution in [2.75, 3.05) is 6.61 Å². The van der Waals surface area contributed by atoms with Crippen molar-refractivity contribution in [1.29, 1.82) is 5.26 Å². The predicted octanol–water partition coefficient (Wildman–Crippen LogP) is 1.85. The van der Waals surface area contributed by atoms with E-state index in [0.29, 0.717) is 11.1 Å². The molecule has 0 aliphatic carbocycles. The maximum Gasteiger partial charge on any atom is 0.339 e. The summed E-state index contributed by atoms with van der Waals surface area (Å²) in [6.07, 6.45) is 0. The Bertz CT molecular complexity index is 452. The summed E-state index contributed by atoms with van der Waals surface area (Å²) in [5.41, 5.74) is 6.60. The number of benzene rings is 1. The molecule has 0 saturated heterocycles. The molecule has 1 rings (SSSR count). The van der Waals surface area contributed by atoms with Crippen LogP contribution < -0.4 is 5.73 Å². The van der Waals surface area contributed by atoms with Gasteiger partial charge >= 0.3 is 5.97 Å². The number of hydrogen-bond donors (Lipinski definition) is 1. The van der Waals surface area contributed by atoms with E-state index < -0.39 is 5.97 Å². The molecule has 0 bridgehead atoms. The number of halogens is 1. The fourth-order valence-electron chi connectivity index (χ4n) is 1.25. The van der Waals surface area contributed by atoms with Gasteiger partial charge in [-0.1, -0.05) is 11.6 Å². The van der Waals surface area contributed by atoms with E-state index in [4.69, 9.17) is 27.3 Å². The van der Waals surface area contributed by atoms with Gasteiger partial charge in [0.15, 0.2) is 0 Å². The van der Waals surface area contributed by atoms with Crippen LogP contribution >= 0.6 is 11.6 Å². The smallest absolute Gasteiger partial charge is 0.339 e. The second kappa shape index (κ2) is 5.50. The first-order valence-corrected chi connectivity index (χ1v) is 5.11. The highest BCUT2D eigenvalue weighted by Gasteiger charge is 2.14. The molecule has 16 heavy (non-hydrogen) atoms. The van der Waals surface area contributed by atoms with Crippen LogP contribution in [0.15, 0.2) is 12.1 Å². The number of hydrogen-bond acceptors (Lipinski definition) is 4. The Hall–Kier alpha value is -1.57. The molecule has 1 aromatic carbocycles. The minimum Gasteiger partial charge on any atom is -0.462 e. The lowest BCUT2D eigenvalue weighted by molar-refractivity contribution is 0.0526. The fraction of sp³-hybridized carbons (Fsp3) is 0.273. The zero-order valence-corrected chi connectivity index (χ0v) is 9.54. The molecule has 84 valence electrons. The zero-order valence-electron chi connectivity index (χ0n) is 8.79. The normalized spacial score (nSPS) is 9.62. The first-order valence-electron chi connectivity index (χ1n) is 4.73. The van der Waals surface area contributed by atoms with Crippen molar-refractivity contribution in [2.45, 2.75) is 13.5 Å². The second-order valence-corrected chi connectivity index (χ2v) is 3.43. The topological polar surface area (TPSA) is 76.1 Å². The van der Waals surface area contributed by atoms with Crippen molar-refractivity contribution in [3.63, 3.8) is 0 Å². The lowest BCUT2D eigenvalue weighted by Gasteiger charge is -2.07. The largest absolute Gasteiger partial charge is 0.462 e. The molecule has 0 aliphatic rings. The predicted molar refractivity (Wildman–Crippen MR) is 60.0 cm³/mol. The average molecular weight is 239 g/mol. The molecule has 0 amide bonds. The van der Waals surface area contributed by atoms with Crippen LogP contribution in [0.4, 0.5) is 0 Å². The first kappa shape index (κ1) is 12.5. The molecule has 5 heteroatoms. The van der Waals surface area contributed by atoms with E-state index in [-0.39, 0.29) is 23.7 Å². The molecule has 0 atom stereocenters. The van der Waals surface area contributed by atoms with Crippen molar-refractivity contribution in [1.82, 2.24) is 0 Å². The molecule has 0 heterocycles. The molecule has 2 N–H and O–H groups in total. The summed E-state index contributed by atoms with van der Waals surface area (Å²) in [6, 6.07) is 4.89. The molecule has 1 aromatic rings. The van der Waals surface area contributed by atoms with E-state index in [2.05, 4.69) is 0 Å². The zero-order chi connectivity index (χ0) is 12.1. The van der Waals surface area contributed by atoms with Gasteiger partial charge in [0.2, 0.25) is 0 Å². The van der Waals surface area contributed by atoms with Crippen molar-refractivity contribution in [3.05, 3.63) is 33.8 Å². The van der Waals surface area contributed by atoms with Crippen molar-refractivity contribution in [2.24, 2.45) is 5.73 Å². The quantitative estimate of drug-likeness (QED) is 0.816. The molecule has 0 unspecified atom stereocenters. The number of carbonyl (C=O) groups is 1. The number of nitriles is 1. The Morgan fingerprint density at radius 3 is 2.81 bits per heavy atom. The Kier molecular flexibility index (Phi) is 4.29. The minimum atomic E-state index is -0.535. The van der Waals surface area contributed by atoms with Gasteiger partial charge in [-0.05, 0) is 24.6 Å². The maximum atomic E-state index is 11.5. The summed E-state index contributed by atoms with van der Waals surface area (Å²) in [5.74, 6) is -0.535. The number of carbonyl (C=O) groups excluding carboxylic acids is 1. The summed E-state index contributed by atoms with van der Waals surface area (Å²) in [7, 11) is 0. The Labute approximate surface area is 98.6 Å². The molecule has 0 fully saturated rings. The van der Waals surface area contributed by atoms with E-state index in [1.54, 1.807) is 6.92 Å². The van der Waals surface area contributed by atoms with Crippen LogP contribution in [0.3, 0.4) is 0 Å². The van der Waals surface area contributed by atoms with Gasteiger partial charge in [-0.3, -0.25) is 0 Å². The fourth-order valence-corrected chi connectivity index (χ4v) is 1.52. The molecule has 0 aromatic heterocycles. The lowest BCUT2D eigenvalue weighted by Crippen LogP contribution is -2.08. The van der Waals surface area contributed by atoms with Gasteiger partial charge in [-0.2, -0.15) is 5.26 Å². The lowest BCUT2D eigenvalue weighted by atomic mass is 10.0.